The second kappa shape index (κ2) is 4.87. The van der Waals surface area contributed by atoms with E-state index < -0.39 is 0 Å². The lowest BCUT2D eigenvalue weighted by Crippen LogP contribution is -2.06. The van der Waals surface area contributed by atoms with Gasteiger partial charge in [0, 0.05) is 0 Å². The zero-order chi connectivity index (χ0) is 9.68. The van der Waals surface area contributed by atoms with Gasteiger partial charge in [0.15, 0.2) is 0 Å². The molecule has 1 aromatic rings. The van der Waals surface area contributed by atoms with E-state index in [0.717, 1.165) is 12.8 Å². The molecule has 1 heterocycles. The lowest BCUT2D eigenvalue weighted by molar-refractivity contribution is 0.0501. The summed E-state index contributed by atoms with van der Waals surface area (Å²) in [7, 11) is 0. The van der Waals surface area contributed by atoms with Gasteiger partial charge in [0.2, 0.25) is 0 Å². The fraction of sp³-hybridized carbons (Fsp3) is 0.444. The summed E-state index contributed by atoms with van der Waals surface area (Å²) in [4.78, 5) is 11.3. The van der Waals surface area contributed by atoms with Gasteiger partial charge in [0.25, 0.3) is 0 Å². The Morgan fingerprint density at radius 1 is 1.69 bits per heavy atom. The Morgan fingerprint density at radius 3 is 3.00 bits per heavy atom. The first kappa shape index (κ1) is 10.1. The highest BCUT2D eigenvalue weighted by Gasteiger charge is 2.11. The van der Waals surface area contributed by atoms with E-state index in [1.54, 1.807) is 11.4 Å². The fourth-order valence-corrected chi connectivity index (χ4v) is 1.51. The molecule has 13 heavy (non-hydrogen) atoms. The topological polar surface area (TPSA) is 52.3 Å². The van der Waals surface area contributed by atoms with Crippen molar-refractivity contribution in [2.45, 2.75) is 19.8 Å². The third-order valence-electron chi connectivity index (χ3n) is 1.65. The van der Waals surface area contributed by atoms with Crippen LogP contribution in [0.1, 0.15) is 30.1 Å². The van der Waals surface area contributed by atoms with Gasteiger partial charge in [-0.05, 0) is 17.9 Å². The predicted octanol–water partition coefficient (Wildman–Crippen LogP) is 2.29. The molecule has 72 valence electrons. The van der Waals surface area contributed by atoms with Crippen LogP contribution in [0.15, 0.2) is 11.4 Å². The minimum atomic E-state index is -0.313. The Hall–Kier alpha value is -1.03. The number of nitrogens with two attached hydrogens (primary N) is 1. The van der Waals surface area contributed by atoms with Crippen LogP contribution in [-0.2, 0) is 4.74 Å². The van der Waals surface area contributed by atoms with Crippen LogP contribution in [0.2, 0.25) is 0 Å². The van der Waals surface area contributed by atoms with E-state index >= 15 is 0 Å². The SMILES string of the molecule is CCCCOC(=O)c1ccsc1N. The van der Waals surface area contributed by atoms with Crippen LogP contribution in [0, 0.1) is 0 Å². The molecule has 0 unspecified atom stereocenters. The van der Waals surface area contributed by atoms with E-state index in [0.29, 0.717) is 17.2 Å². The van der Waals surface area contributed by atoms with E-state index in [1.165, 1.54) is 11.3 Å². The van der Waals surface area contributed by atoms with Crippen molar-refractivity contribution in [1.82, 2.24) is 0 Å². The maximum absolute atomic E-state index is 11.3. The van der Waals surface area contributed by atoms with Gasteiger partial charge in [-0.25, -0.2) is 4.79 Å². The molecule has 2 N–H and O–H groups in total. The van der Waals surface area contributed by atoms with Crippen molar-refractivity contribution >= 4 is 22.3 Å². The van der Waals surface area contributed by atoms with Crippen LogP contribution >= 0.6 is 11.3 Å². The number of ether oxygens (including phenoxy) is 1. The van der Waals surface area contributed by atoms with Crippen LogP contribution in [0.25, 0.3) is 0 Å². The average molecular weight is 199 g/mol. The van der Waals surface area contributed by atoms with Crippen molar-refractivity contribution in [2.24, 2.45) is 0 Å². The molecule has 0 fully saturated rings. The summed E-state index contributed by atoms with van der Waals surface area (Å²) in [5.41, 5.74) is 6.05. The van der Waals surface area contributed by atoms with Crippen molar-refractivity contribution in [3.63, 3.8) is 0 Å². The second-order valence-electron chi connectivity index (χ2n) is 2.69. The van der Waals surface area contributed by atoms with Crippen molar-refractivity contribution in [3.8, 4) is 0 Å². The smallest absolute Gasteiger partial charge is 0.341 e. The van der Waals surface area contributed by atoms with E-state index in [-0.39, 0.29) is 5.97 Å². The summed E-state index contributed by atoms with van der Waals surface area (Å²) in [5, 5.41) is 2.31. The third-order valence-corrected chi connectivity index (χ3v) is 2.39. The summed E-state index contributed by atoms with van der Waals surface area (Å²) < 4.78 is 5.00. The molecule has 0 aromatic carbocycles. The summed E-state index contributed by atoms with van der Waals surface area (Å²) >= 11 is 1.35. The Kier molecular flexibility index (Phi) is 3.76. The molecular weight excluding hydrogens is 186 g/mol. The number of thiophene rings is 1. The maximum Gasteiger partial charge on any atom is 0.341 e. The normalized spacial score (nSPS) is 9.92. The number of hydrogen-bond donors (Lipinski definition) is 1. The quantitative estimate of drug-likeness (QED) is 0.598. The first-order chi connectivity index (χ1) is 6.25. The Bertz CT molecular complexity index is 283. The standard InChI is InChI=1S/C9H13NO2S/c1-2-3-5-12-9(11)7-4-6-13-8(7)10/h4,6H,2-3,5,10H2,1H3. The highest BCUT2D eigenvalue weighted by Crippen LogP contribution is 2.19. The molecular formula is C9H13NO2S. The van der Waals surface area contributed by atoms with E-state index in [4.69, 9.17) is 10.5 Å². The maximum atomic E-state index is 11.3. The van der Waals surface area contributed by atoms with Gasteiger partial charge in [-0.2, -0.15) is 0 Å². The number of hydrogen-bond acceptors (Lipinski definition) is 4. The first-order valence-corrected chi connectivity index (χ1v) is 5.13. The van der Waals surface area contributed by atoms with Crippen LogP contribution in [0.5, 0.6) is 0 Å². The number of anilines is 1. The van der Waals surface area contributed by atoms with Gasteiger partial charge in [0.05, 0.1) is 12.2 Å². The van der Waals surface area contributed by atoms with Crippen molar-refractivity contribution < 1.29 is 9.53 Å². The molecule has 0 bridgehead atoms. The molecule has 0 saturated carbocycles. The number of esters is 1. The highest BCUT2D eigenvalue weighted by atomic mass is 32.1. The Labute approximate surface area is 81.5 Å². The number of rotatable bonds is 4. The Morgan fingerprint density at radius 2 is 2.46 bits per heavy atom. The minimum Gasteiger partial charge on any atom is -0.462 e. The number of carbonyl (C=O) groups excluding carboxylic acids is 1. The molecule has 0 aliphatic carbocycles. The van der Waals surface area contributed by atoms with E-state index in [1.807, 2.05) is 6.92 Å². The zero-order valence-corrected chi connectivity index (χ0v) is 8.39. The summed E-state index contributed by atoms with van der Waals surface area (Å²) in [6, 6.07) is 1.69. The van der Waals surface area contributed by atoms with Crippen LogP contribution < -0.4 is 5.73 Å². The van der Waals surface area contributed by atoms with Gasteiger partial charge < -0.3 is 10.5 Å². The third kappa shape index (κ3) is 2.73. The lowest BCUT2D eigenvalue weighted by Gasteiger charge is -2.02. The molecule has 0 aliphatic heterocycles. The van der Waals surface area contributed by atoms with Crippen molar-refractivity contribution in [3.05, 3.63) is 17.0 Å². The summed E-state index contributed by atoms with van der Waals surface area (Å²) in [5.74, 6) is -0.313. The summed E-state index contributed by atoms with van der Waals surface area (Å²) in [6.07, 6.45) is 1.92. The highest BCUT2D eigenvalue weighted by molar-refractivity contribution is 7.14. The largest absolute Gasteiger partial charge is 0.462 e. The van der Waals surface area contributed by atoms with Crippen molar-refractivity contribution in [1.29, 1.82) is 0 Å². The average Bonchev–Trinajstić information content (AvgIpc) is 2.52. The van der Waals surface area contributed by atoms with Crippen molar-refractivity contribution in [2.75, 3.05) is 12.3 Å². The fourth-order valence-electron chi connectivity index (χ4n) is 0.877. The zero-order valence-electron chi connectivity index (χ0n) is 7.58. The molecule has 1 aromatic heterocycles. The van der Waals surface area contributed by atoms with Gasteiger partial charge in [-0.3, -0.25) is 0 Å². The monoisotopic (exact) mass is 199 g/mol. The number of carbonyl (C=O) groups is 1. The molecule has 3 nitrogen and oxygen atoms in total. The first-order valence-electron chi connectivity index (χ1n) is 4.25. The van der Waals surface area contributed by atoms with Gasteiger partial charge in [-0.15, -0.1) is 11.3 Å². The summed E-state index contributed by atoms with van der Waals surface area (Å²) in [6.45, 7) is 2.53. The molecule has 1 rings (SSSR count). The molecule has 0 saturated heterocycles. The molecule has 0 spiro atoms. The molecule has 4 heteroatoms. The van der Waals surface area contributed by atoms with Gasteiger partial charge in [0.1, 0.15) is 5.00 Å². The number of unbranched alkanes of at least 4 members (excludes halogenated alkanes) is 1. The van der Waals surface area contributed by atoms with E-state index in [9.17, 15) is 4.79 Å². The molecule has 0 radical (unpaired) electrons. The Balaban J connectivity index is 2.45. The minimum absolute atomic E-state index is 0.313. The van der Waals surface area contributed by atoms with E-state index in [2.05, 4.69) is 0 Å². The second-order valence-corrected chi connectivity index (χ2v) is 3.64. The van der Waals surface area contributed by atoms with Gasteiger partial charge >= 0.3 is 5.97 Å². The lowest BCUT2D eigenvalue weighted by atomic mass is 10.3. The predicted molar refractivity (Wildman–Crippen MR) is 53.9 cm³/mol. The molecule has 0 amide bonds. The van der Waals surface area contributed by atoms with Crippen LogP contribution in [-0.4, -0.2) is 12.6 Å². The van der Waals surface area contributed by atoms with Gasteiger partial charge in [-0.1, -0.05) is 13.3 Å². The molecule has 0 atom stereocenters. The van der Waals surface area contributed by atoms with Crippen LogP contribution in [0.4, 0.5) is 5.00 Å². The number of nitrogen functional groups attached to an aromatic ring is 1. The van der Waals surface area contributed by atoms with Crippen LogP contribution in [0.3, 0.4) is 0 Å². The molecule has 0 aliphatic rings.